The molecule has 0 fully saturated rings. The number of hydrogen-bond acceptors (Lipinski definition) is 3. The molecule has 1 heterocycles. The smallest absolute Gasteiger partial charge is 0.139 e. The standard InChI is InChI=1S/C13H16BrN3/c1-10(14)7-8-17(2)13-11-5-3-4-6-12(11)15-9-16-13/h3-6,9-10H,7-8H2,1-2H3. The number of aromatic nitrogens is 2. The van der Waals surface area contributed by atoms with E-state index in [9.17, 15) is 0 Å². The molecule has 90 valence electrons. The lowest BCUT2D eigenvalue weighted by molar-refractivity contribution is 0.780. The molecule has 2 aromatic rings. The maximum absolute atomic E-state index is 4.38. The average molecular weight is 294 g/mol. The van der Waals surface area contributed by atoms with Crippen LogP contribution in [0.2, 0.25) is 0 Å². The maximum Gasteiger partial charge on any atom is 0.139 e. The Morgan fingerprint density at radius 2 is 2.06 bits per heavy atom. The van der Waals surface area contributed by atoms with Crippen molar-refractivity contribution in [3.05, 3.63) is 30.6 Å². The highest BCUT2D eigenvalue weighted by Gasteiger charge is 2.08. The normalized spacial score (nSPS) is 12.6. The van der Waals surface area contributed by atoms with Crippen molar-refractivity contribution in [2.24, 2.45) is 0 Å². The van der Waals surface area contributed by atoms with Crippen molar-refractivity contribution in [1.82, 2.24) is 9.97 Å². The molecule has 0 aliphatic heterocycles. The molecule has 2 rings (SSSR count). The predicted octanol–water partition coefficient (Wildman–Crippen LogP) is 3.24. The van der Waals surface area contributed by atoms with Gasteiger partial charge in [-0.3, -0.25) is 0 Å². The number of anilines is 1. The van der Waals surface area contributed by atoms with Crippen LogP contribution in [0.3, 0.4) is 0 Å². The second-order valence-corrected chi connectivity index (χ2v) is 5.77. The van der Waals surface area contributed by atoms with E-state index < -0.39 is 0 Å². The lowest BCUT2D eigenvalue weighted by Gasteiger charge is -2.20. The second-order valence-electron chi connectivity index (χ2n) is 4.21. The molecule has 1 unspecified atom stereocenters. The molecule has 17 heavy (non-hydrogen) atoms. The molecule has 0 saturated heterocycles. The maximum atomic E-state index is 4.38. The van der Waals surface area contributed by atoms with Crippen molar-refractivity contribution in [3.63, 3.8) is 0 Å². The third kappa shape index (κ3) is 2.94. The Morgan fingerprint density at radius 3 is 2.82 bits per heavy atom. The zero-order chi connectivity index (χ0) is 12.3. The summed E-state index contributed by atoms with van der Waals surface area (Å²) in [7, 11) is 2.07. The van der Waals surface area contributed by atoms with E-state index in [1.807, 2.05) is 18.2 Å². The summed E-state index contributed by atoms with van der Waals surface area (Å²) in [5.41, 5.74) is 0.997. The van der Waals surface area contributed by atoms with Gasteiger partial charge in [0.15, 0.2) is 0 Å². The number of rotatable bonds is 4. The van der Waals surface area contributed by atoms with Crippen LogP contribution < -0.4 is 4.90 Å². The summed E-state index contributed by atoms with van der Waals surface area (Å²) in [6.45, 7) is 3.14. The van der Waals surface area contributed by atoms with Crippen LogP contribution >= 0.6 is 15.9 Å². The van der Waals surface area contributed by atoms with E-state index in [1.54, 1.807) is 6.33 Å². The zero-order valence-corrected chi connectivity index (χ0v) is 11.7. The molecule has 0 saturated carbocycles. The van der Waals surface area contributed by atoms with Crippen molar-refractivity contribution in [2.75, 3.05) is 18.5 Å². The molecule has 4 heteroatoms. The molecule has 0 radical (unpaired) electrons. The van der Waals surface area contributed by atoms with Gasteiger partial charge < -0.3 is 4.90 Å². The Balaban J connectivity index is 2.28. The minimum absolute atomic E-state index is 0.526. The van der Waals surface area contributed by atoms with Gasteiger partial charge in [0, 0.05) is 23.8 Å². The van der Waals surface area contributed by atoms with Crippen LogP contribution in [0.25, 0.3) is 10.9 Å². The minimum atomic E-state index is 0.526. The minimum Gasteiger partial charge on any atom is -0.359 e. The van der Waals surface area contributed by atoms with Crippen LogP contribution in [0.4, 0.5) is 5.82 Å². The first-order valence-electron chi connectivity index (χ1n) is 5.73. The van der Waals surface area contributed by atoms with Crippen LogP contribution in [0.15, 0.2) is 30.6 Å². The first kappa shape index (κ1) is 12.3. The van der Waals surface area contributed by atoms with Crippen molar-refractivity contribution in [1.29, 1.82) is 0 Å². The van der Waals surface area contributed by atoms with E-state index in [0.717, 1.165) is 29.7 Å². The Morgan fingerprint density at radius 1 is 1.29 bits per heavy atom. The first-order valence-corrected chi connectivity index (χ1v) is 6.65. The summed E-state index contributed by atoms with van der Waals surface area (Å²) >= 11 is 3.57. The first-order chi connectivity index (χ1) is 8.18. The van der Waals surface area contributed by atoms with E-state index in [4.69, 9.17) is 0 Å². The fraction of sp³-hybridized carbons (Fsp3) is 0.385. The van der Waals surface area contributed by atoms with Gasteiger partial charge in [-0.2, -0.15) is 0 Å². The number of hydrogen-bond donors (Lipinski definition) is 0. The molecule has 0 aliphatic rings. The van der Waals surface area contributed by atoms with Gasteiger partial charge in [0.05, 0.1) is 5.52 Å². The summed E-state index contributed by atoms with van der Waals surface area (Å²) < 4.78 is 0. The molecule has 3 nitrogen and oxygen atoms in total. The van der Waals surface area contributed by atoms with Crippen LogP contribution in [0.5, 0.6) is 0 Å². The monoisotopic (exact) mass is 293 g/mol. The molecular formula is C13H16BrN3. The van der Waals surface area contributed by atoms with E-state index in [2.05, 4.69) is 50.8 Å². The number of alkyl halides is 1. The highest BCUT2D eigenvalue weighted by molar-refractivity contribution is 9.09. The van der Waals surface area contributed by atoms with E-state index >= 15 is 0 Å². The highest BCUT2D eigenvalue weighted by Crippen LogP contribution is 2.21. The molecule has 0 amide bonds. The fourth-order valence-corrected chi connectivity index (χ4v) is 1.98. The van der Waals surface area contributed by atoms with Crippen molar-refractivity contribution in [2.45, 2.75) is 18.2 Å². The Kier molecular flexibility index (Phi) is 3.94. The van der Waals surface area contributed by atoms with Crippen LogP contribution in [-0.2, 0) is 0 Å². The molecule has 1 aromatic carbocycles. The van der Waals surface area contributed by atoms with Gasteiger partial charge in [-0.25, -0.2) is 9.97 Å². The van der Waals surface area contributed by atoms with Gasteiger partial charge in [0.1, 0.15) is 12.1 Å². The fourth-order valence-electron chi connectivity index (χ4n) is 1.77. The summed E-state index contributed by atoms with van der Waals surface area (Å²) in [4.78, 5) is 11.4. The molecule has 1 aromatic heterocycles. The summed E-state index contributed by atoms with van der Waals surface area (Å²) in [5, 5.41) is 1.11. The van der Waals surface area contributed by atoms with Gasteiger partial charge in [-0.1, -0.05) is 35.0 Å². The number of para-hydroxylation sites is 1. The predicted molar refractivity (Wildman–Crippen MR) is 75.8 cm³/mol. The van der Waals surface area contributed by atoms with Gasteiger partial charge in [0.25, 0.3) is 0 Å². The number of nitrogens with zero attached hydrogens (tertiary/aromatic N) is 3. The summed E-state index contributed by atoms with van der Waals surface area (Å²) in [6, 6.07) is 8.11. The molecule has 0 bridgehead atoms. The van der Waals surface area contributed by atoms with E-state index in [0.29, 0.717) is 4.83 Å². The largest absolute Gasteiger partial charge is 0.359 e. The van der Waals surface area contributed by atoms with Gasteiger partial charge in [-0.05, 0) is 18.6 Å². The van der Waals surface area contributed by atoms with Gasteiger partial charge in [0.2, 0.25) is 0 Å². The van der Waals surface area contributed by atoms with Gasteiger partial charge in [-0.15, -0.1) is 0 Å². The number of fused-ring (bicyclic) bond motifs is 1. The van der Waals surface area contributed by atoms with Crippen molar-refractivity contribution in [3.8, 4) is 0 Å². The Labute approximate surface area is 110 Å². The summed E-state index contributed by atoms with van der Waals surface area (Å²) in [6.07, 6.45) is 2.72. The summed E-state index contributed by atoms with van der Waals surface area (Å²) in [5.74, 6) is 1.00. The quantitative estimate of drug-likeness (QED) is 0.811. The third-order valence-corrected chi connectivity index (χ3v) is 3.20. The third-order valence-electron chi connectivity index (χ3n) is 2.75. The lowest BCUT2D eigenvalue weighted by Crippen LogP contribution is -2.21. The highest BCUT2D eigenvalue weighted by atomic mass is 79.9. The Hall–Kier alpha value is -1.16. The van der Waals surface area contributed by atoms with Crippen LogP contribution in [0.1, 0.15) is 13.3 Å². The number of halogens is 1. The van der Waals surface area contributed by atoms with Crippen LogP contribution in [-0.4, -0.2) is 28.4 Å². The Bertz CT molecular complexity index is 493. The second kappa shape index (κ2) is 5.45. The SMILES string of the molecule is CC(Br)CCN(C)c1ncnc2ccccc12. The van der Waals surface area contributed by atoms with E-state index in [1.165, 1.54) is 0 Å². The molecule has 0 spiro atoms. The van der Waals surface area contributed by atoms with Gasteiger partial charge >= 0.3 is 0 Å². The molecule has 1 atom stereocenters. The average Bonchev–Trinajstić information content (AvgIpc) is 2.35. The van der Waals surface area contributed by atoms with Crippen molar-refractivity contribution < 1.29 is 0 Å². The van der Waals surface area contributed by atoms with Crippen molar-refractivity contribution >= 4 is 32.7 Å². The van der Waals surface area contributed by atoms with E-state index in [-0.39, 0.29) is 0 Å². The number of benzene rings is 1. The molecule has 0 N–H and O–H groups in total. The lowest BCUT2D eigenvalue weighted by atomic mass is 10.2. The topological polar surface area (TPSA) is 29.0 Å². The molecule has 0 aliphatic carbocycles. The zero-order valence-electron chi connectivity index (χ0n) is 10.1. The molecular weight excluding hydrogens is 278 g/mol. The van der Waals surface area contributed by atoms with Crippen LogP contribution in [0, 0.1) is 0 Å².